The first-order chi connectivity index (χ1) is 22.9. The normalized spacial score (nSPS) is 13.6. The summed E-state index contributed by atoms with van der Waals surface area (Å²) in [5.74, 6) is -6.01. The summed E-state index contributed by atoms with van der Waals surface area (Å²) < 4.78 is 5.39. The molecule has 3 aromatic rings. The highest BCUT2D eigenvalue weighted by Gasteiger charge is 2.34. The highest BCUT2D eigenvalue weighted by atomic mass is 16.5. The smallest absolute Gasteiger partial charge is 0.306 e. The van der Waals surface area contributed by atoms with Crippen molar-refractivity contribution in [2.24, 2.45) is 29.4 Å². The van der Waals surface area contributed by atoms with E-state index in [1.54, 1.807) is 6.92 Å². The van der Waals surface area contributed by atoms with Crippen LogP contribution in [0.15, 0.2) is 72.8 Å². The van der Waals surface area contributed by atoms with E-state index >= 15 is 0 Å². The van der Waals surface area contributed by atoms with Gasteiger partial charge in [0, 0.05) is 18.3 Å². The van der Waals surface area contributed by atoms with E-state index in [0.29, 0.717) is 12.8 Å². The number of amides is 3. The van der Waals surface area contributed by atoms with Gasteiger partial charge in [0.1, 0.15) is 6.61 Å². The lowest BCUT2D eigenvalue weighted by molar-refractivity contribution is -0.149. The number of Topliss-reactive ketones (excluding diaryl/α,β-unsaturated/α-hetero) is 2. The van der Waals surface area contributed by atoms with Gasteiger partial charge in [-0.05, 0) is 46.6 Å². The zero-order valence-corrected chi connectivity index (χ0v) is 28.2. The van der Waals surface area contributed by atoms with Crippen LogP contribution in [0, 0.1) is 23.7 Å². The van der Waals surface area contributed by atoms with Crippen LogP contribution in [0.25, 0.3) is 10.8 Å². The van der Waals surface area contributed by atoms with E-state index in [1.807, 2.05) is 93.6 Å². The molecule has 0 saturated carbocycles. The van der Waals surface area contributed by atoms with Crippen molar-refractivity contribution in [1.29, 1.82) is 0 Å². The number of esters is 1. The van der Waals surface area contributed by atoms with Gasteiger partial charge in [-0.25, -0.2) is 0 Å². The van der Waals surface area contributed by atoms with Gasteiger partial charge in [-0.1, -0.05) is 107 Å². The molecule has 3 rings (SSSR count). The highest BCUT2D eigenvalue weighted by Crippen LogP contribution is 2.21. The van der Waals surface area contributed by atoms with Crippen molar-refractivity contribution < 1.29 is 33.5 Å². The van der Waals surface area contributed by atoms with Crippen LogP contribution >= 0.6 is 0 Å². The molecule has 4 atom stereocenters. The van der Waals surface area contributed by atoms with Gasteiger partial charge in [0.25, 0.3) is 5.91 Å². The van der Waals surface area contributed by atoms with E-state index in [9.17, 15) is 28.8 Å². The van der Waals surface area contributed by atoms with Gasteiger partial charge >= 0.3 is 5.97 Å². The van der Waals surface area contributed by atoms with E-state index in [-0.39, 0.29) is 31.8 Å². The molecule has 0 spiro atoms. The largest absolute Gasteiger partial charge is 0.461 e. The number of carbonyl (C=O) groups is 6. The maximum Gasteiger partial charge on any atom is 0.306 e. The quantitative estimate of drug-likeness (QED) is 0.127. The monoisotopic (exact) mass is 657 g/mol. The van der Waals surface area contributed by atoms with Crippen LogP contribution in [0.1, 0.15) is 64.5 Å². The zero-order valence-electron chi connectivity index (χ0n) is 28.2. The van der Waals surface area contributed by atoms with Crippen molar-refractivity contribution in [3.63, 3.8) is 0 Å². The number of hydrogen-bond donors (Lipinski definition) is 3. The summed E-state index contributed by atoms with van der Waals surface area (Å²) in [4.78, 5) is 77.3. The van der Waals surface area contributed by atoms with Crippen LogP contribution in [0.4, 0.5) is 0 Å². The Morgan fingerprint density at radius 1 is 0.792 bits per heavy atom. The third kappa shape index (κ3) is 11.7. The second-order valence-electron chi connectivity index (χ2n) is 12.8. The van der Waals surface area contributed by atoms with Crippen LogP contribution in [0.5, 0.6) is 0 Å². The number of nitrogens with one attached hydrogen (secondary N) is 2. The molecule has 10 heteroatoms. The maximum absolute atomic E-state index is 13.4. The Morgan fingerprint density at radius 2 is 1.46 bits per heavy atom. The molecule has 0 fully saturated rings. The number of nitrogens with two attached hydrogens (primary N) is 1. The predicted octanol–water partition coefficient (Wildman–Crippen LogP) is 4.46. The molecule has 256 valence electrons. The Hall–Kier alpha value is -4.86. The Morgan fingerprint density at radius 3 is 2.10 bits per heavy atom. The topological polar surface area (TPSA) is 162 Å². The minimum Gasteiger partial charge on any atom is -0.461 e. The molecule has 10 nitrogen and oxygen atoms in total. The number of primary amides is 1. The third-order valence-electron chi connectivity index (χ3n) is 8.42. The van der Waals surface area contributed by atoms with E-state index < -0.39 is 65.6 Å². The molecular weight excluding hydrogens is 610 g/mol. The molecule has 4 N–H and O–H groups in total. The summed E-state index contributed by atoms with van der Waals surface area (Å²) in [6.07, 6.45) is 0.706. The second-order valence-corrected chi connectivity index (χ2v) is 12.8. The minimum atomic E-state index is -1.17. The lowest BCUT2D eigenvalue weighted by atomic mass is 9.90. The fraction of sp³-hybridized carbons (Fsp3) is 0.421. The van der Waals surface area contributed by atoms with Gasteiger partial charge in [0.05, 0.1) is 19.0 Å². The van der Waals surface area contributed by atoms with E-state index in [1.165, 1.54) is 0 Å². The van der Waals surface area contributed by atoms with Gasteiger partial charge in [0.15, 0.2) is 5.78 Å². The summed E-state index contributed by atoms with van der Waals surface area (Å²) in [6, 6.07) is 21.6. The van der Waals surface area contributed by atoms with E-state index in [4.69, 9.17) is 10.5 Å². The number of ether oxygens (including phenoxy) is 1. The van der Waals surface area contributed by atoms with Gasteiger partial charge in [-0.3, -0.25) is 28.8 Å². The number of benzene rings is 3. The first kappa shape index (κ1) is 37.6. The number of rotatable bonds is 19. The van der Waals surface area contributed by atoms with Gasteiger partial charge in [-0.15, -0.1) is 0 Å². The molecule has 3 amide bonds. The Labute approximate surface area is 282 Å². The Bertz CT molecular complexity index is 1590. The fourth-order valence-electron chi connectivity index (χ4n) is 5.50. The molecule has 0 heterocycles. The van der Waals surface area contributed by atoms with Crippen molar-refractivity contribution >= 4 is 46.0 Å². The first-order valence-corrected chi connectivity index (χ1v) is 16.5. The Kier molecular flexibility index (Phi) is 14.5. The number of ketones is 2. The van der Waals surface area contributed by atoms with Crippen molar-refractivity contribution in [1.82, 2.24) is 10.6 Å². The van der Waals surface area contributed by atoms with Crippen LogP contribution in [0.3, 0.4) is 0 Å². The van der Waals surface area contributed by atoms with Gasteiger partial charge in [0.2, 0.25) is 17.6 Å². The summed E-state index contributed by atoms with van der Waals surface area (Å²) >= 11 is 0. The second kappa shape index (κ2) is 18.5. The van der Waals surface area contributed by atoms with Crippen molar-refractivity contribution in [3.05, 3.63) is 83.9 Å². The molecule has 0 bridgehead atoms. The molecule has 0 aliphatic heterocycles. The standard InChI is InChI=1S/C38H47N3O7/c1-5-25(4)34(41-37(46)31(17-24(2)3)21-33(43)48-23-26-11-7-6-8-12-26)35(44)38(47)40-22-32(42)20-30(36(39)45)19-27-15-16-28-13-9-10-14-29(28)18-27/h6-16,18,24-25,30-31,34H,5,17,19-23H2,1-4H3,(H2,39,45)(H,40,47)(H,41,46)/t25-,30-,31+,34?/m0/s1. The maximum atomic E-state index is 13.4. The predicted molar refractivity (Wildman–Crippen MR) is 183 cm³/mol. The number of carbonyl (C=O) groups excluding carboxylic acids is 6. The molecular formula is C38H47N3O7. The van der Waals surface area contributed by atoms with Crippen LogP contribution in [0.2, 0.25) is 0 Å². The lowest BCUT2D eigenvalue weighted by Gasteiger charge is -2.26. The summed E-state index contributed by atoms with van der Waals surface area (Å²) in [6.45, 7) is 6.99. The minimum absolute atomic E-state index is 0.0696. The average Bonchev–Trinajstić information content (AvgIpc) is 3.07. The summed E-state index contributed by atoms with van der Waals surface area (Å²) in [7, 11) is 0. The molecule has 48 heavy (non-hydrogen) atoms. The molecule has 0 radical (unpaired) electrons. The third-order valence-corrected chi connectivity index (χ3v) is 8.42. The molecule has 0 aliphatic rings. The molecule has 1 unspecified atom stereocenters. The van der Waals surface area contributed by atoms with Crippen LogP contribution in [-0.4, -0.2) is 47.8 Å². The fourth-order valence-corrected chi connectivity index (χ4v) is 5.50. The van der Waals surface area contributed by atoms with Gasteiger partial charge in [-0.2, -0.15) is 0 Å². The van der Waals surface area contributed by atoms with Crippen molar-refractivity contribution in [2.45, 2.75) is 72.4 Å². The van der Waals surface area contributed by atoms with E-state index in [2.05, 4.69) is 10.6 Å². The molecule has 0 saturated heterocycles. The van der Waals surface area contributed by atoms with Gasteiger partial charge < -0.3 is 21.1 Å². The zero-order chi connectivity index (χ0) is 35.2. The molecule has 3 aromatic carbocycles. The SMILES string of the molecule is CC[C@H](C)C(NC(=O)[C@@H](CC(=O)OCc1ccccc1)CC(C)C)C(=O)C(=O)NCC(=O)C[C@H](Cc1ccc2ccccc2c1)C(N)=O. The molecule has 0 aliphatic carbocycles. The van der Waals surface area contributed by atoms with Crippen LogP contribution < -0.4 is 16.4 Å². The first-order valence-electron chi connectivity index (χ1n) is 16.5. The van der Waals surface area contributed by atoms with Crippen LogP contribution in [-0.2, 0) is 46.5 Å². The summed E-state index contributed by atoms with van der Waals surface area (Å²) in [5, 5.41) is 7.10. The van der Waals surface area contributed by atoms with Crippen molar-refractivity contribution in [3.8, 4) is 0 Å². The highest BCUT2D eigenvalue weighted by molar-refractivity contribution is 6.38. The number of hydrogen-bond acceptors (Lipinski definition) is 7. The molecule has 0 aromatic heterocycles. The van der Waals surface area contributed by atoms with E-state index in [0.717, 1.165) is 21.9 Å². The Balaban J connectivity index is 1.59. The summed E-state index contributed by atoms with van der Waals surface area (Å²) in [5.41, 5.74) is 7.27. The average molecular weight is 658 g/mol. The number of fused-ring (bicyclic) bond motifs is 1. The van der Waals surface area contributed by atoms with Crippen molar-refractivity contribution in [2.75, 3.05) is 6.54 Å². The lowest BCUT2D eigenvalue weighted by Crippen LogP contribution is -2.52.